The van der Waals surface area contributed by atoms with Gasteiger partial charge in [-0.3, -0.25) is 4.79 Å². The van der Waals surface area contributed by atoms with Crippen LogP contribution in [0.3, 0.4) is 0 Å². The Hall–Kier alpha value is -3.80. The van der Waals surface area contributed by atoms with Crippen molar-refractivity contribution in [2.75, 3.05) is 13.2 Å². The number of nitrogens with zero attached hydrogens (tertiary/aromatic N) is 2. The second-order valence-electron chi connectivity index (χ2n) is 8.60. The Morgan fingerprint density at radius 1 is 0.912 bits per heavy atom. The lowest BCUT2D eigenvalue weighted by molar-refractivity contribution is -0.123. The van der Waals surface area contributed by atoms with Crippen molar-refractivity contribution in [1.29, 1.82) is 0 Å². The minimum atomic E-state index is -0.189. The number of aryl methyl sites for hydroxylation is 4. The number of benzene rings is 3. The molecule has 1 N–H and O–H groups in total. The molecule has 1 heterocycles. The Bertz CT molecular complexity index is 1310. The fraction of sp³-hybridized carbons (Fsp3) is 0.286. The molecule has 4 aromatic rings. The normalized spacial score (nSPS) is 10.9. The smallest absolute Gasteiger partial charge is 0.258 e. The minimum absolute atomic E-state index is 0.0413. The summed E-state index contributed by atoms with van der Waals surface area (Å²) >= 11 is 0. The molecule has 0 fully saturated rings. The summed E-state index contributed by atoms with van der Waals surface area (Å²) in [5, 5.41) is 2.94. The van der Waals surface area contributed by atoms with Gasteiger partial charge in [-0.15, -0.1) is 0 Å². The SMILES string of the molecule is Cc1ccc(C)c(OCC(=O)NCc2nc3ccccc3n2CCOc2ccc(C)c(C)c2)c1. The molecule has 0 aliphatic heterocycles. The number of hydrogen-bond acceptors (Lipinski definition) is 4. The molecule has 4 rings (SSSR count). The van der Waals surface area contributed by atoms with E-state index >= 15 is 0 Å². The summed E-state index contributed by atoms with van der Waals surface area (Å²) in [6, 6.07) is 20.0. The van der Waals surface area contributed by atoms with Gasteiger partial charge in [0.1, 0.15) is 23.9 Å². The van der Waals surface area contributed by atoms with Gasteiger partial charge in [-0.1, -0.05) is 30.3 Å². The molecule has 176 valence electrons. The van der Waals surface area contributed by atoms with E-state index < -0.39 is 0 Å². The van der Waals surface area contributed by atoms with Gasteiger partial charge >= 0.3 is 0 Å². The maximum atomic E-state index is 12.5. The van der Waals surface area contributed by atoms with Crippen LogP contribution in [0.5, 0.6) is 11.5 Å². The van der Waals surface area contributed by atoms with Crippen molar-refractivity contribution < 1.29 is 14.3 Å². The second-order valence-corrected chi connectivity index (χ2v) is 8.60. The molecule has 34 heavy (non-hydrogen) atoms. The number of carbonyl (C=O) groups excluding carboxylic acids is 1. The average Bonchev–Trinajstić information content (AvgIpc) is 3.18. The second kappa shape index (κ2) is 10.4. The van der Waals surface area contributed by atoms with Gasteiger partial charge in [0.05, 0.1) is 24.1 Å². The molecule has 0 aliphatic carbocycles. The van der Waals surface area contributed by atoms with Crippen molar-refractivity contribution in [2.45, 2.75) is 40.8 Å². The number of nitrogens with one attached hydrogen (secondary N) is 1. The van der Waals surface area contributed by atoms with E-state index in [0.717, 1.165) is 39.5 Å². The third kappa shape index (κ3) is 5.57. The molecule has 0 saturated carbocycles. The molecule has 0 unspecified atom stereocenters. The van der Waals surface area contributed by atoms with E-state index in [9.17, 15) is 4.79 Å². The molecule has 0 aliphatic rings. The molecule has 6 nitrogen and oxygen atoms in total. The molecule has 0 saturated heterocycles. The van der Waals surface area contributed by atoms with E-state index in [1.54, 1.807) is 0 Å². The van der Waals surface area contributed by atoms with Gasteiger partial charge in [0.25, 0.3) is 5.91 Å². The first-order chi connectivity index (χ1) is 16.4. The molecule has 3 aromatic carbocycles. The number of ether oxygens (including phenoxy) is 2. The summed E-state index contributed by atoms with van der Waals surface area (Å²) in [4.78, 5) is 17.2. The highest BCUT2D eigenvalue weighted by Gasteiger charge is 2.13. The van der Waals surface area contributed by atoms with Gasteiger partial charge in [0.15, 0.2) is 6.61 Å². The van der Waals surface area contributed by atoms with E-state index in [1.165, 1.54) is 11.1 Å². The topological polar surface area (TPSA) is 65.4 Å². The van der Waals surface area contributed by atoms with E-state index in [-0.39, 0.29) is 12.5 Å². The summed E-state index contributed by atoms with van der Waals surface area (Å²) in [5.74, 6) is 2.17. The Balaban J connectivity index is 1.39. The third-order valence-corrected chi connectivity index (χ3v) is 5.94. The van der Waals surface area contributed by atoms with E-state index in [0.29, 0.717) is 19.7 Å². The van der Waals surface area contributed by atoms with Crippen LogP contribution in [0.25, 0.3) is 11.0 Å². The number of rotatable bonds is 9. The van der Waals surface area contributed by atoms with Crippen molar-refractivity contribution in [1.82, 2.24) is 14.9 Å². The van der Waals surface area contributed by atoms with Gasteiger partial charge in [0.2, 0.25) is 0 Å². The van der Waals surface area contributed by atoms with Gasteiger partial charge in [-0.05, 0) is 80.3 Å². The summed E-state index contributed by atoms with van der Waals surface area (Å²) in [7, 11) is 0. The van der Waals surface area contributed by atoms with Crippen LogP contribution in [0.1, 0.15) is 28.1 Å². The zero-order valence-electron chi connectivity index (χ0n) is 20.2. The van der Waals surface area contributed by atoms with Crippen molar-refractivity contribution >= 4 is 16.9 Å². The highest BCUT2D eigenvalue weighted by atomic mass is 16.5. The molecule has 1 aromatic heterocycles. The third-order valence-electron chi connectivity index (χ3n) is 5.94. The van der Waals surface area contributed by atoms with Crippen molar-refractivity contribution in [3.63, 3.8) is 0 Å². The number of fused-ring (bicyclic) bond motifs is 1. The lowest BCUT2D eigenvalue weighted by Crippen LogP contribution is -2.30. The standard InChI is InChI=1S/C28H31N3O3/c1-19-9-10-21(3)26(15-19)34-18-28(32)29-17-27-30-24-7-5-6-8-25(24)31(27)13-14-33-23-12-11-20(2)22(4)16-23/h5-12,15-16H,13-14,17-18H2,1-4H3,(H,29,32). The zero-order chi connectivity index (χ0) is 24.1. The largest absolute Gasteiger partial charge is 0.492 e. The Morgan fingerprint density at radius 3 is 2.53 bits per heavy atom. The molecular formula is C28H31N3O3. The Kier molecular flexibility index (Phi) is 7.16. The Labute approximate surface area is 200 Å². The Morgan fingerprint density at radius 2 is 1.71 bits per heavy atom. The van der Waals surface area contributed by atoms with Crippen LogP contribution in [0, 0.1) is 27.7 Å². The van der Waals surface area contributed by atoms with Gasteiger partial charge < -0.3 is 19.4 Å². The van der Waals surface area contributed by atoms with Gasteiger partial charge in [0, 0.05) is 0 Å². The van der Waals surface area contributed by atoms with Crippen molar-refractivity contribution in [3.8, 4) is 11.5 Å². The fourth-order valence-electron chi connectivity index (χ4n) is 3.80. The lowest BCUT2D eigenvalue weighted by atomic mass is 10.1. The van der Waals surface area contributed by atoms with Crippen LogP contribution >= 0.6 is 0 Å². The molecular weight excluding hydrogens is 426 g/mol. The fourth-order valence-corrected chi connectivity index (χ4v) is 3.80. The van der Waals surface area contributed by atoms with Crippen molar-refractivity contribution in [2.24, 2.45) is 0 Å². The first kappa shape index (κ1) is 23.4. The van der Waals surface area contributed by atoms with E-state index in [4.69, 9.17) is 14.5 Å². The number of hydrogen-bond donors (Lipinski definition) is 1. The lowest BCUT2D eigenvalue weighted by Gasteiger charge is -2.13. The molecule has 0 spiro atoms. The quantitative estimate of drug-likeness (QED) is 0.382. The minimum Gasteiger partial charge on any atom is -0.492 e. The highest BCUT2D eigenvalue weighted by Crippen LogP contribution is 2.20. The molecule has 0 radical (unpaired) electrons. The van der Waals surface area contributed by atoms with Crippen LogP contribution in [0.2, 0.25) is 0 Å². The van der Waals surface area contributed by atoms with Crippen LogP contribution in [0.15, 0.2) is 60.7 Å². The van der Waals surface area contributed by atoms with Crippen molar-refractivity contribution in [3.05, 3.63) is 88.7 Å². The summed E-state index contributed by atoms with van der Waals surface area (Å²) < 4.78 is 13.8. The number of amides is 1. The summed E-state index contributed by atoms with van der Waals surface area (Å²) in [6.45, 7) is 9.53. The number of aromatic nitrogens is 2. The maximum Gasteiger partial charge on any atom is 0.258 e. The van der Waals surface area contributed by atoms with Crippen LogP contribution in [-0.4, -0.2) is 28.7 Å². The molecule has 0 bridgehead atoms. The number of carbonyl (C=O) groups is 1. The summed E-state index contributed by atoms with van der Waals surface area (Å²) in [6.07, 6.45) is 0. The monoisotopic (exact) mass is 457 g/mol. The van der Waals surface area contributed by atoms with E-state index in [2.05, 4.69) is 35.9 Å². The molecule has 1 amide bonds. The zero-order valence-corrected chi connectivity index (χ0v) is 20.2. The average molecular weight is 458 g/mol. The van der Waals surface area contributed by atoms with Gasteiger partial charge in [-0.25, -0.2) is 4.98 Å². The predicted octanol–water partition coefficient (Wildman–Crippen LogP) is 5.04. The van der Waals surface area contributed by atoms with Crippen LogP contribution < -0.4 is 14.8 Å². The summed E-state index contributed by atoms with van der Waals surface area (Å²) in [5.41, 5.74) is 6.46. The van der Waals surface area contributed by atoms with Crippen LogP contribution in [-0.2, 0) is 17.9 Å². The predicted molar refractivity (Wildman–Crippen MR) is 134 cm³/mol. The molecule has 0 atom stereocenters. The van der Waals surface area contributed by atoms with Crippen LogP contribution in [0.4, 0.5) is 0 Å². The number of imidazole rings is 1. The maximum absolute atomic E-state index is 12.5. The first-order valence-corrected chi connectivity index (χ1v) is 11.5. The first-order valence-electron chi connectivity index (χ1n) is 11.5. The van der Waals surface area contributed by atoms with Gasteiger partial charge in [-0.2, -0.15) is 0 Å². The number of para-hydroxylation sites is 2. The van der Waals surface area contributed by atoms with E-state index in [1.807, 2.05) is 62.4 Å². The molecule has 6 heteroatoms. The highest BCUT2D eigenvalue weighted by molar-refractivity contribution is 5.78.